The molecular weight excluding hydrogens is 340 g/mol. The van der Waals surface area contributed by atoms with Gasteiger partial charge < -0.3 is 9.64 Å². The van der Waals surface area contributed by atoms with Gasteiger partial charge in [0.05, 0.1) is 13.0 Å². The molecule has 0 radical (unpaired) electrons. The summed E-state index contributed by atoms with van der Waals surface area (Å²) in [5, 5.41) is 12.1. The number of ether oxygens (including phenoxy) is 1. The Morgan fingerprint density at radius 3 is 2.22 bits per heavy atom. The van der Waals surface area contributed by atoms with Crippen LogP contribution in [0, 0.1) is 17.0 Å². The van der Waals surface area contributed by atoms with Crippen LogP contribution >= 0.6 is 0 Å². The van der Waals surface area contributed by atoms with Gasteiger partial charge in [0.15, 0.2) is 0 Å². The van der Waals surface area contributed by atoms with Gasteiger partial charge in [-0.05, 0) is 55.7 Å². The summed E-state index contributed by atoms with van der Waals surface area (Å²) in [4.78, 5) is 14.1. The van der Waals surface area contributed by atoms with Crippen molar-refractivity contribution in [3.63, 3.8) is 0 Å². The molecule has 142 valence electrons. The Kier molecular flexibility index (Phi) is 5.49. The van der Waals surface area contributed by atoms with Crippen molar-refractivity contribution in [1.82, 2.24) is 0 Å². The SMILES string of the molecule is CCC1C([N+](=O)[O-])C(c2ccc(C)cc2)C(C)=CN1c1ccc(OC)cc1. The molecule has 3 rings (SSSR count). The Balaban J connectivity index is 2.07. The summed E-state index contributed by atoms with van der Waals surface area (Å²) in [6.45, 7) is 6.03. The second-order valence-electron chi connectivity index (χ2n) is 7.12. The third-order valence-electron chi connectivity index (χ3n) is 5.40. The summed E-state index contributed by atoms with van der Waals surface area (Å²) in [6, 6.07) is 14.8. The van der Waals surface area contributed by atoms with Gasteiger partial charge in [0.1, 0.15) is 11.8 Å². The molecule has 1 heterocycles. The molecular formula is C22H26N2O3. The van der Waals surface area contributed by atoms with E-state index >= 15 is 0 Å². The molecule has 27 heavy (non-hydrogen) atoms. The van der Waals surface area contributed by atoms with E-state index in [4.69, 9.17) is 4.74 Å². The van der Waals surface area contributed by atoms with Crippen molar-refractivity contribution in [3.05, 3.63) is 81.5 Å². The molecule has 5 nitrogen and oxygen atoms in total. The number of anilines is 1. The fourth-order valence-corrected chi connectivity index (χ4v) is 4.01. The number of hydrogen-bond donors (Lipinski definition) is 0. The van der Waals surface area contributed by atoms with E-state index in [1.54, 1.807) is 7.11 Å². The highest BCUT2D eigenvalue weighted by molar-refractivity contribution is 5.55. The smallest absolute Gasteiger partial charge is 0.243 e. The molecule has 0 fully saturated rings. The van der Waals surface area contributed by atoms with Crippen molar-refractivity contribution in [2.24, 2.45) is 0 Å². The Bertz CT molecular complexity index is 828. The van der Waals surface area contributed by atoms with Crippen LogP contribution in [0.4, 0.5) is 5.69 Å². The average molecular weight is 366 g/mol. The van der Waals surface area contributed by atoms with Crippen LogP contribution in [0.25, 0.3) is 0 Å². The van der Waals surface area contributed by atoms with Crippen LogP contribution in [0.15, 0.2) is 60.3 Å². The summed E-state index contributed by atoms with van der Waals surface area (Å²) in [5.41, 5.74) is 4.10. The number of rotatable bonds is 5. The predicted octanol–water partition coefficient (Wildman–Crippen LogP) is 4.94. The first kappa shape index (κ1) is 19.0. The van der Waals surface area contributed by atoms with Crippen molar-refractivity contribution in [2.75, 3.05) is 12.0 Å². The van der Waals surface area contributed by atoms with E-state index in [0.29, 0.717) is 6.42 Å². The van der Waals surface area contributed by atoms with Gasteiger partial charge in [-0.15, -0.1) is 0 Å². The van der Waals surface area contributed by atoms with E-state index in [-0.39, 0.29) is 16.9 Å². The average Bonchev–Trinajstić information content (AvgIpc) is 2.68. The van der Waals surface area contributed by atoms with Gasteiger partial charge in [-0.2, -0.15) is 0 Å². The second-order valence-corrected chi connectivity index (χ2v) is 7.12. The molecule has 0 aliphatic carbocycles. The fourth-order valence-electron chi connectivity index (χ4n) is 4.01. The zero-order chi connectivity index (χ0) is 19.6. The van der Waals surface area contributed by atoms with E-state index in [9.17, 15) is 10.1 Å². The van der Waals surface area contributed by atoms with E-state index in [1.807, 2.05) is 74.2 Å². The first-order chi connectivity index (χ1) is 13.0. The van der Waals surface area contributed by atoms with Crippen molar-refractivity contribution >= 4 is 5.69 Å². The van der Waals surface area contributed by atoms with Gasteiger partial charge in [0, 0.05) is 16.8 Å². The van der Waals surface area contributed by atoms with Gasteiger partial charge >= 0.3 is 0 Å². The molecule has 1 aliphatic heterocycles. The van der Waals surface area contributed by atoms with Gasteiger partial charge in [-0.1, -0.05) is 36.8 Å². The van der Waals surface area contributed by atoms with Gasteiger partial charge in [-0.3, -0.25) is 10.1 Å². The predicted molar refractivity (Wildman–Crippen MR) is 108 cm³/mol. The van der Waals surface area contributed by atoms with Gasteiger partial charge in [-0.25, -0.2) is 0 Å². The molecule has 2 aromatic rings. The maximum Gasteiger partial charge on any atom is 0.243 e. The lowest BCUT2D eigenvalue weighted by Crippen LogP contribution is -2.51. The molecule has 2 aromatic carbocycles. The third kappa shape index (κ3) is 3.68. The highest BCUT2D eigenvalue weighted by Gasteiger charge is 2.46. The van der Waals surface area contributed by atoms with E-state index < -0.39 is 6.04 Å². The number of nitrogens with zero attached hydrogens (tertiary/aromatic N) is 2. The van der Waals surface area contributed by atoms with E-state index in [1.165, 1.54) is 0 Å². The van der Waals surface area contributed by atoms with Crippen LogP contribution in [0.1, 0.15) is 37.3 Å². The van der Waals surface area contributed by atoms with E-state index in [0.717, 1.165) is 28.1 Å². The maximum atomic E-state index is 12.1. The Morgan fingerprint density at radius 2 is 1.70 bits per heavy atom. The van der Waals surface area contributed by atoms with Gasteiger partial charge in [0.25, 0.3) is 0 Å². The molecule has 0 amide bonds. The number of nitro groups is 1. The normalized spacial score (nSPS) is 22.3. The minimum Gasteiger partial charge on any atom is -0.497 e. The lowest BCUT2D eigenvalue weighted by Gasteiger charge is -2.40. The first-order valence-electron chi connectivity index (χ1n) is 9.27. The Morgan fingerprint density at radius 1 is 1.07 bits per heavy atom. The zero-order valence-electron chi connectivity index (χ0n) is 16.3. The summed E-state index contributed by atoms with van der Waals surface area (Å²) in [6.07, 6.45) is 2.75. The highest BCUT2D eigenvalue weighted by Crippen LogP contribution is 2.40. The molecule has 0 aromatic heterocycles. The summed E-state index contributed by atoms with van der Waals surface area (Å²) >= 11 is 0. The topological polar surface area (TPSA) is 55.6 Å². The molecule has 0 saturated carbocycles. The standard InChI is InChI=1S/C22H26N2O3/c1-5-20-22(24(25)26)21(17-8-6-15(2)7-9-17)16(3)14-23(20)18-10-12-19(27-4)13-11-18/h6-14,20-22H,5H2,1-4H3. The number of hydrogen-bond acceptors (Lipinski definition) is 4. The van der Waals surface area contributed by atoms with Gasteiger partial charge in [0.2, 0.25) is 6.04 Å². The number of aryl methyl sites for hydroxylation is 1. The van der Waals surface area contributed by atoms with Crippen molar-refractivity contribution < 1.29 is 9.66 Å². The zero-order valence-corrected chi connectivity index (χ0v) is 16.3. The minimum atomic E-state index is -0.704. The monoisotopic (exact) mass is 366 g/mol. The van der Waals surface area contributed by atoms with Crippen molar-refractivity contribution in [3.8, 4) is 5.75 Å². The molecule has 3 atom stereocenters. The quantitative estimate of drug-likeness (QED) is 0.556. The Labute approximate surface area is 160 Å². The van der Waals surface area contributed by atoms with Crippen LogP contribution in [0.5, 0.6) is 5.75 Å². The van der Waals surface area contributed by atoms with Crippen molar-refractivity contribution in [2.45, 2.75) is 45.2 Å². The molecule has 0 N–H and O–H groups in total. The summed E-state index contributed by atoms with van der Waals surface area (Å²) < 4.78 is 5.23. The largest absolute Gasteiger partial charge is 0.497 e. The fraction of sp³-hybridized carbons (Fsp3) is 0.364. The molecule has 0 saturated heterocycles. The molecule has 1 aliphatic rings. The number of methoxy groups -OCH3 is 1. The molecule has 0 spiro atoms. The van der Waals surface area contributed by atoms with Crippen LogP contribution < -0.4 is 9.64 Å². The minimum absolute atomic E-state index is 0.105. The number of benzene rings is 2. The highest BCUT2D eigenvalue weighted by atomic mass is 16.6. The summed E-state index contributed by atoms with van der Waals surface area (Å²) in [5.74, 6) is 0.549. The molecule has 5 heteroatoms. The van der Waals surface area contributed by atoms with Crippen LogP contribution in [-0.4, -0.2) is 24.1 Å². The second kappa shape index (κ2) is 7.82. The van der Waals surface area contributed by atoms with Crippen molar-refractivity contribution in [1.29, 1.82) is 0 Å². The van der Waals surface area contributed by atoms with Crippen LogP contribution in [-0.2, 0) is 0 Å². The lowest BCUT2D eigenvalue weighted by atomic mass is 9.78. The first-order valence-corrected chi connectivity index (χ1v) is 9.27. The third-order valence-corrected chi connectivity index (χ3v) is 5.40. The van der Waals surface area contributed by atoms with E-state index in [2.05, 4.69) is 6.20 Å². The van der Waals surface area contributed by atoms with Crippen LogP contribution in [0.3, 0.4) is 0 Å². The maximum absolute atomic E-state index is 12.1. The molecule has 0 bridgehead atoms. The van der Waals surface area contributed by atoms with Crippen LogP contribution in [0.2, 0.25) is 0 Å². The Hall–Kier alpha value is -2.82. The summed E-state index contributed by atoms with van der Waals surface area (Å²) in [7, 11) is 1.63. The molecule has 3 unspecified atom stereocenters. The lowest BCUT2D eigenvalue weighted by molar-refractivity contribution is -0.529.